The molecule has 0 saturated carbocycles. The van der Waals surface area contributed by atoms with Crippen LogP contribution in [0.3, 0.4) is 0 Å². The number of carbonyl (C=O) groups excluding carboxylic acids is 1. The van der Waals surface area contributed by atoms with Crippen LogP contribution in [0.2, 0.25) is 0 Å². The van der Waals surface area contributed by atoms with Crippen LogP contribution in [0.15, 0.2) is 54.6 Å². The van der Waals surface area contributed by atoms with E-state index in [-0.39, 0.29) is 18.2 Å². The van der Waals surface area contributed by atoms with Crippen LogP contribution in [0.5, 0.6) is 5.75 Å². The van der Waals surface area contributed by atoms with Crippen molar-refractivity contribution in [3.63, 3.8) is 0 Å². The number of rotatable bonds is 4. The number of nitrogens with zero attached hydrogens (tertiary/aromatic N) is 5. The number of hydrogen-bond donors (Lipinski definition) is 0. The van der Waals surface area contributed by atoms with E-state index in [9.17, 15) is 18.0 Å². The minimum Gasteiger partial charge on any atom is -0.496 e. The van der Waals surface area contributed by atoms with Gasteiger partial charge in [0.2, 0.25) is 0 Å². The summed E-state index contributed by atoms with van der Waals surface area (Å²) in [5.41, 5.74) is 1.43. The smallest absolute Gasteiger partial charge is 0.453 e. The molecule has 3 aromatic rings. The van der Waals surface area contributed by atoms with Gasteiger partial charge in [0.1, 0.15) is 11.4 Å². The van der Waals surface area contributed by atoms with Gasteiger partial charge in [0, 0.05) is 17.7 Å². The fourth-order valence-electron chi connectivity index (χ4n) is 4.62. The van der Waals surface area contributed by atoms with Crippen LogP contribution < -0.4 is 4.74 Å². The number of alkyl halides is 3. The van der Waals surface area contributed by atoms with Gasteiger partial charge in [-0.15, -0.1) is 5.10 Å². The van der Waals surface area contributed by atoms with Crippen molar-refractivity contribution in [2.24, 2.45) is 0 Å². The number of piperidine rings is 1. The lowest BCUT2D eigenvalue weighted by atomic mass is 9.90. The van der Waals surface area contributed by atoms with E-state index in [2.05, 4.69) is 15.5 Å². The second kappa shape index (κ2) is 8.81. The first-order valence-electron chi connectivity index (χ1n) is 11.0. The number of halogens is 3. The van der Waals surface area contributed by atoms with E-state index in [1.807, 2.05) is 24.3 Å². The van der Waals surface area contributed by atoms with Crippen molar-refractivity contribution < 1.29 is 27.4 Å². The van der Waals surface area contributed by atoms with E-state index in [1.165, 1.54) is 13.2 Å². The molecule has 1 saturated heterocycles. The number of hydrogen-bond acceptors (Lipinski definition) is 6. The highest BCUT2D eigenvalue weighted by molar-refractivity contribution is 5.94. The molecule has 5 rings (SSSR count). The maximum Gasteiger partial charge on any atom is 0.453 e. The third-order valence-corrected chi connectivity index (χ3v) is 6.24. The minimum absolute atomic E-state index is 0.0620. The Kier molecular flexibility index (Phi) is 5.79. The van der Waals surface area contributed by atoms with Gasteiger partial charge < -0.3 is 14.4 Å². The van der Waals surface area contributed by atoms with Gasteiger partial charge in [0.05, 0.1) is 25.9 Å². The summed E-state index contributed by atoms with van der Waals surface area (Å²) in [4.78, 5) is 14.8. The van der Waals surface area contributed by atoms with Crippen LogP contribution in [-0.2, 0) is 10.9 Å². The summed E-state index contributed by atoms with van der Waals surface area (Å²) in [7, 11) is 1.49. The lowest BCUT2D eigenvalue weighted by Crippen LogP contribution is -2.49. The van der Waals surface area contributed by atoms with E-state index >= 15 is 0 Å². The number of methoxy groups -OCH3 is 1. The molecule has 1 unspecified atom stereocenters. The SMILES string of the molecule is COc1ccc(-n2nnnc2C(F)(F)F)cc1C1=CC2(CCCN(C(=O)c3ccccc3)C2)OC1. The van der Waals surface area contributed by atoms with Gasteiger partial charge in [-0.05, 0) is 65.2 Å². The molecule has 1 spiro atoms. The number of aromatic nitrogens is 4. The second-order valence-corrected chi connectivity index (χ2v) is 8.52. The molecule has 0 bridgehead atoms. The maximum atomic E-state index is 13.3. The lowest BCUT2D eigenvalue weighted by Gasteiger charge is -2.38. The van der Waals surface area contributed by atoms with Crippen molar-refractivity contribution in [3.05, 3.63) is 71.6 Å². The molecular weight excluding hydrogens is 463 g/mol. The van der Waals surface area contributed by atoms with Gasteiger partial charge in [0.25, 0.3) is 11.7 Å². The van der Waals surface area contributed by atoms with Crippen LogP contribution in [0, 0.1) is 0 Å². The molecule has 2 aromatic carbocycles. The summed E-state index contributed by atoms with van der Waals surface area (Å²) in [5, 5.41) is 9.83. The van der Waals surface area contributed by atoms with E-state index in [1.54, 1.807) is 29.2 Å². The van der Waals surface area contributed by atoms with Crippen LogP contribution >= 0.6 is 0 Å². The Hall–Kier alpha value is -3.73. The highest BCUT2D eigenvalue weighted by Gasteiger charge is 2.41. The molecule has 35 heavy (non-hydrogen) atoms. The Morgan fingerprint density at radius 2 is 1.97 bits per heavy atom. The molecule has 11 heteroatoms. The number of amides is 1. The summed E-state index contributed by atoms with van der Waals surface area (Å²) < 4.78 is 52.3. The average molecular weight is 485 g/mol. The zero-order chi connectivity index (χ0) is 24.6. The summed E-state index contributed by atoms with van der Waals surface area (Å²) in [6.07, 6.45) is -1.26. The molecule has 0 N–H and O–H groups in total. The Morgan fingerprint density at radius 3 is 2.71 bits per heavy atom. The molecule has 3 heterocycles. The second-order valence-electron chi connectivity index (χ2n) is 8.52. The molecule has 2 aliphatic rings. The normalized spacial score (nSPS) is 20.2. The van der Waals surface area contributed by atoms with Gasteiger partial charge in [-0.3, -0.25) is 4.79 Å². The highest BCUT2D eigenvalue weighted by Crippen LogP contribution is 2.40. The first kappa shape index (κ1) is 23.0. The third kappa shape index (κ3) is 4.39. The van der Waals surface area contributed by atoms with Crippen LogP contribution in [0.4, 0.5) is 13.2 Å². The monoisotopic (exact) mass is 485 g/mol. The number of benzene rings is 2. The fourth-order valence-corrected chi connectivity index (χ4v) is 4.62. The largest absolute Gasteiger partial charge is 0.496 e. The molecule has 0 radical (unpaired) electrons. The van der Waals surface area contributed by atoms with Crippen molar-refractivity contribution in [2.45, 2.75) is 24.6 Å². The Labute approximate surface area is 198 Å². The minimum atomic E-state index is -4.71. The van der Waals surface area contributed by atoms with Crippen molar-refractivity contribution >= 4 is 11.5 Å². The predicted molar refractivity (Wildman–Crippen MR) is 119 cm³/mol. The van der Waals surface area contributed by atoms with Crippen molar-refractivity contribution in [1.29, 1.82) is 0 Å². The van der Waals surface area contributed by atoms with E-state index < -0.39 is 17.6 Å². The first-order chi connectivity index (χ1) is 16.8. The Morgan fingerprint density at radius 1 is 1.17 bits per heavy atom. The van der Waals surface area contributed by atoms with Gasteiger partial charge in [-0.25, -0.2) is 0 Å². The number of likely N-dealkylation sites (tertiary alicyclic amines) is 1. The topological polar surface area (TPSA) is 82.4 Å². The molecule has 1 aromatic heterocycles. The van der Waals surface area contributed by atoms with Gasteiger partial charge in [-0.2, -0.15) is 17.9 Å². The zero-order valence-corrected chi connectivity index (χ0v) is 18.8. The molecule has 0 aliphatic carbocycles. The number of carbonyl (C=O) groups is 1. The maximum absolute atomic E-state index is 13.3. The molecule has 1 atom stereocenters. The van der Waals surface area contributed by atoms with Gasteiger partial charge in [-0.1, -0.05) is 18.2 Å². The van der Waals surface area contributed by atoms with Crippen LogP contribution in [0.1, 0.15) is 34.6 Å². The fraction of sp³-hybridized carbons (Fsp3) is 0.333. The van der Waals surface area contributed by atoms with Crippen LogP contribution in [-0.4, -0.2) is 63.4 Å². The first-order valence-corrected chi connectivity index (χ1v) is 11.0. The zero-order valence-electron chi connectivity index (χ0n) is 18.8. The summed E-state index contributed by atoms with van der Waals surface area (Å²) in [6, 6.07) is 13.7. The van der Waals surface area contributed by atoms with Crippen molar-refractivity contribution in [3.8, 4) is 11.4 Å². The molecule has 2 aliphatic heterocycles. The van der Waals surface area contributed by atoms with E-state index in [4.69, 9.17) is 9.47 Å². The summed E-state index contributed by atoms with van der Waals surface area (Å²) in [6.45, 7) is 1.24. The van der Waals surface area contributed by atoms with Crippen molar-refractivity contribution in [2.75, 3.05) is 26.8 Å². The average Bonchev–Trinajstić information content (AvgIpc) is 3.52. The van der Waals surface area contributed by atoms with Crippen LogP contribution in [0.25, 0.3) is 11.3 Å². The quantitative estimate of drug-likeness (QED) is 0.560. The molecular formula is C24H22F3N5O3. The van der Waals surface area contributed by atoms with Gasteiger partial charge in [0.15, 0.2) is 0 Å². The highest BCUT2D eigenvalue weighted by atomic mass is 19.4. The Balaban J connectivity index is 1.46. The lowest BCUT2D eigenvalue weighted by molar-refractivity contribution is -0.146. The molecule has 182 valence electrons. The third-order valence-electron chi connectivity index (χ3n) is 6.24. The van der Waals surface area contributed by atoms with Crippen molar-refractivity contribution in [1.82, 2.24) is 25.1 Å². The Bertz CT molecular complexity index is 1270. The van der Waals surface area contributed by atoms with E-state index in [0.29, 0.717) is 34.6 Å². The van der Waals surface area contributed by atoms with E-state index in [0.717, 1.165) is 18.4 Å². The van der Waals surface area contributed by atoms with Gasteiger partial charge >= 0.3 is 6.18 Å². The predicted octanol–water partition coefficient (Wildman–Crippen LogP) is 3.78. The summed E-state index contributed by atoms with van der Waals surface area (Å²) >= 11 is 0. The molecule has 8 nitrogen and oxygen atoms in total. The molecule has 1 amide bonds. The number of tetrazole rings is 1. The standard InChI is InChI=1S/C24H22F3N5O3/c1-34-20-9-8-18(32-22(24(25,26)27)28-29-30-32)12-19(20)17-13-23(35-14-17)10-5-11-31(15-23)21(33)16-6-3-2-4-7-16/h2-4,6-9,12-13H,5,10-11,14-15H2,1H3. The number of ether oxygens (including phenoxy) is 2. The molecule has 1 fully saturated rings. The summed E-state index contributed by atoms with van der Waals surface area (Å²) in [5.74, 6) is -0.799.